The van der Waals surface area contributed by atoms with Gasteiger partial charge in [-0.3, -0.25) is 14.8 Å². The number of likely N-dealkylation sites (tertiary alicyclic amines) is 1. The Morgan fingerprint density at radius 3 is 2.55 bits per heavy atom. The van der Waals surface area contributed by atoms with E-state index in [0.717, 1.165) is 35.7 Å². The lowest BCUT2D eigenvalue weighted by Crippen LogP contribution is -2.36. The molecule has 0 saturated carbocycles. The van der Waals surface area contributed by atoms with Gasteiger partial charge in [0, 0.05) is 12.1 Å². The molecule has 2 heterocycles. The van der Waals surface area contributed by atoms with E-state index in [1.165, 1.54) is 12.8 Å². The van der Waals surface area contributed by atoms with E-state index in [9.17, 15) is 4.79 Å². The van der Waals surface area contributed by atoms with Crippen LogP contribution in [-0.4, -0.2) is 54.9 Å². The Bertz CT molecular complexity index is 1010. The fourth-order valence-corrected chi connectivity index (χ4v) is 4.08. The number of methoxy groups -OCH3 is 2. The molecular weight excluding hydrogens is 392 g/mol. The van der Waals surface area contributed by atoms with Crippen LogP contribution in [0.3, 0.4) is 0 Å². The van der Waals surface area contributed by atoms with Gasteiger partial charge in [-0.15, -0.1) is 0 Å². The Balaban J connectivity index is 1.51. The van der Waals surface area contributed by atoms with Crippen LogP contribution in [0.2, 0.25) is 0 Å². The summed E-state index contributed by atoms with van der Waals surface area (Å²) in [4.78, 5) is 15.5. The van der Waals surface area contributed by atoms with Crippen molar-refractivity contribution in [2.75, 3.05) is 33.9 Å². The maximum Gasteiger partial charge on any atom is 0.255 e. The van der Waals surface area contributed by atoms with E-state index in [2.05, 4.69) is 32.5 Å². The maximum atomic E-state index is 13.1. The largest absolute Gasteiger partial charge is 0.497 e. The molecule has 7 nitrogen and oxygen atoms in total. The van der Waals surface area contributed by atoms with Crippen LogP contribution in [-0.2, 0) is 0 Å². The van der Waals surface area contributed by atoms with E-state index in [0.29, 0.717) is 17.8 Å². The van der Waals surface area contributed by atoms with Gasteiger partial charge in [0.15, 0.2) is 0 Å². The molecule has 0 spiro atoms. The van der Waals surface area contributed by atoms with Crippen LogP contribution in [0, 0.1) is 0 Å². The van der Waals surface area contributed by atoms with Gasteiger partial charge >= 0.3 is 0 Å². The number of hydrogen-bond acceptors (Lipinski definition) is 5. The molecular formula is C24H28N4O3. The Morgan fingerprint density at radius 1 is 1.10 bits per heavy atom. The number of ether oxygens (including phenoxy) is 2. The van der Waals surface area contributed by atoms with E-state index < -0.39 is 0 Å². The minimum Gasteiger partial charge on any atom is -0.497 e. The predicted octanol–water partition coefficient (Wildman–Crippen LogP) is 3.66. The van der Waals surface area contributed by atoms with Crippen molar-refractivity contribution in [1.29, 1.82) is 0 Å². The lowest BCUT2D eigenvalue weighted by atomic mass is 10.0. The molecule has 1 unspecified atom stereocenters. The van der Waals surface area contributed by atoms with E-state index in [1.54, 1.807) is 20.4 Å². The number of hydrogen-bond donors (Lipinski definition) is 2. The summed E-state index contributed by atoms with van der Waals surface area (Å²) in [6.07, 6.45) is 3.93. The fourth-order valence-electron chi connectivity index (χ4n) is 4.08. The molecule has 4 rings (SSSR count). The zero-order valence-electron chi connectivity index (χ0n) is 17.9. The number of benzene rings is 2. The number of carbonyl (C=O) groups excluding carboxylic acids is 1. The van der Waals surface area contributed by atoms with Crippen LogP contribution in [0.15, 0.2) is 54.7 Å². The first kappa shape index (κ1) is 20.9. The molecule has 0 bridgehead atoms. The normalized spacial score (nSPS) is 14.9. The zero-order valence-corrected chi connectivity index (χ0v) is 17.9. The van der Waals surface area contributed by atoms with Crippen molar-refractivity contribution in [1.82, 2.24) is 20.4 Å². The number of aromatic amines is 1. The second-order valence-corrected chi connectivity index (χ2v) is 7.63. The van der Waals surface area contributed by atoms with Crippen molar-refractivity contribution in [3.63, 3.8) is 0 Å². The average Bonchev–Trinajstić information content (AvgIpc) is 3.52. The van der Waals surface area contributed by atoms with Gasteiger partial charge in [0.1, 0.15) is 11.5 Å². The fraction of sp³-hybridized carbons (Fsp3) is 0.333. The van der Waals surface area contributed by atoms with Crippen molar-refractivity contribution in [3.8, 4) is 22.8 Å². The Kier molecular flexibility index (Phi) is 6.52. The topological polar surface area (TPSA) is 79.5 Å². The van der Waals surface area contributed by atoms with Crippen molar-refractivity contribution in [2.24, 2.45) is 0 Å². The molecule has 1 atom stereocenters. The van der Waals surface area contributed by atoms with E-state index >= 15 is 0 Å². The van der Waals surface area contributed by atoms with E-state index in [-0.39, 0.29) is 11.9 Å². The first-order chi connectivity index (χ1) is 15.2. The molecule has 1 fully saturated rings. The van der Waals surface area contributed by atoms with Gasteiger partial charge in [-0.2, -0.15) is 5.10 Å². The van der Waals surface area contributed by atoms with E-state index in [1.807, 2.05) is 36.4 Å². The van der Waals surface area contributed by atoms with Gasteiger partial charge in [0.2, 0.25) is 0 Å². The quantitative estimate of drug-likeness (QED) is 0.581. The molecule has 1 saturated heterocycles. The summed E-state index contributed by atoms with van der Waals surface area (Å²) >= 11 is 0. The lowest BCUT2D eigenvalue weighted by Gasteiger charge is -2.28. The molecule has 1 amide bonds. The van der Waals surface area contributed by atoms with Gasteiger partial charge in [0.05, 0.1) is 37.7 Å². The number of nitrogens with zero attached hydrogens (tertiary/aromatic N) is 2. The smallest absolute Gasteiger partial charge is 0.255 e. The number of carbonyl (C=O) groups is 1. The second kappa shape index (κ2) is 9.66. The summed E-state index contributed by atoms with van der Waals surface area (Å²) in [6, 6.07) is 15.7. The van der Waals surface area contributed by atoms with Crippen molar-refractivity contribution in [3.05, 3.63) is 65.9 Å². The lowest BCUT2D eigenvalue weighted by molar-refractivity contribution is 0.0938. The van der Waals surface area contributed by atoms with Crippen molar-refractivity contribution in [2.45, 2.75) is 18.9 Å². The first-order valence-electron chi connectivity index (χ1n) is 10.5. The molecule has 7 heteroatoms. The summed E-state index contributed by atoms with van der Waals surface area (Å²) in [5, 5.41) is 10.2. The second-order valence-electron chi connectivity index (χ2n) is 7.63. The minimum absolute atomic E-state index is 0.0953. The number of H-pyrrole nitrogens is 1. The van der Waals surface area contributed by atoms with Crippen LogP contribution in [0.5, 0.6) is 11.5 Å². The SMILES string of the molecule is COc1ccc(-c2[nH]ncc2C(=O)NCC(c2cccc(OC)c2)N2CCCC2)cc1. The standard InChI is InChI=1S/C24H28N4O3/c1-30-19-10-8-17(9-11-19)23-21(15-26-27-23)24(29)25-16-22(28-12-3-4-13-28)18-6-5-7-20(14-18)31-2/h5-11,14-15,22H,3-4,12-13,16H2,1-2H3,(H,25,29)(H,26,27). The van der Waals surface area contributed by atoms with Gasteiger partial charge < -0.3 is 14.8 Å². The molecule has 162 valence electrons. The third-order valence-electron chi connectivity index (χ3n) is 5.78. The number of rotatable bonds is 8. The summed E-state index contributed by atoms with van der Waals surface area (Å²) in [7, 11) is 3.30. The summed E-state index contributed by atoms with van der Waals surface area (Å²) < 4.78 is 10.6. The highest BCUT2D eigenvalue weighted by Gasteiger charge is 2.25. The monoisotopic (exact) mass is 420 g/mol. The number of amides is 1. The van der Waals surface area contributed by atoms with Crippen LogP contribution in [0.4, 0.5) is 0 Å². The van der Waals surface area contributed by atoms with Crippen molar-refractivity contribution < 1.29 is 14.3 Å². The summed E-state index contributed by atoms with van der Waals surface area (Å²) in [5.41, 5.74) is 3.24. The molecule has 1 aromatic heterocycles. The number of aromatic nitrogens is 2. The molecule has 0 radical (unpaired) electrons. The third kappa shape index (κ3) is 4.72. The van der Waals surface area contributed by atoms with Crippen LogP contribution in [0.25, 0.3) is 11.3 Å². The predicted molar refractivity (Wildman–Crippen MR) is 119 cm³/mol. The van der Waals surface area contributed by atoms with Gasteiger partial charge in [-0.1, -0.05) is 12.1 Å². The van der Waals surface area contributed by atoms with Gasteiger partial charge in [0.25, 0.3) is 5.91 Å². The van der Waals surface area contributed by atoms with Crippen LogP contribution >= 0.6 is 0 Å². The Labute approximate surface area is 182 Å². The molecule has 0 aliphatic carbocycles. The Hall–Kier alpha value is -3.32. The highest BCUT2D eigenvalue weighted by atomic mass is 16.5. The highest BCUT2D eigenvalue weighted by molar-refractivity contribution is 5.99. The zero-order chi connectivity index (χ0) is 21.6. The highest BCUT2D eigenvalue weighted by Crippen LogP contribution is 2.28. The van der Waals surface area contributed by atoms with Crippen LogP contribution in [0.1, 0.15) is 34.8 Å². The van der Waals surface area contributed by atoms with Crippen molar-refractivity contribution >= 4 is 5.91 Å². The van der Waals surface area contributed by atoms with Gasteiger partial charge in [-0.05, 0) is 67.9 Å². The molecule has 2 N–H and O–H groups in total. The minimum atomic E-state index is -0.147. The molecule has 31 heavy (non-hydrogen) atoms. The van der Waals surface area contributed by atoms with E-state index in [4.69, 9.17) is 9.47 Å². The molecule has 2 aromatic carbocycles. The maximum absolute atomic E-state index is 13.1. The van der Waals surface area contributed by atoms with Crippen LogP contribution < -0.4 is 14.8 Å². The third-order valence-corrected chi connectivity index (χ3v) is 5.78. The number of nitrogens with one attached hydrogen (secondary N) is 2. The Morgan fingerprint density at radius 2 is 1.84 bits per heavy atom. The molecule has 1 aliphatic heterocycles. The first-order valence-corrected chi connectivity index (χ1v) is 10.5. The molecule has 3 aromatic rings. The average molecular weight is 421 g/mol. The van der Waals surface area contributed by atoms with Gasteiger partial charge in [-0.25, -0.2) is 0 Å². The summed E-state index contributed by atoms with van der Waals surface area (Å²) in [6.45, 7) is 2.57. The summed E-state index contributed by atoms with van der Waals surface area (Å²) in [5.74, 6) is 1.44. The molecule has 1 aliphatic rings.